The first-order chi connectivity index (χ1) is 13.2. The Morgan fingerprint density at radius 2 is 1.37 bits per heavy atom. The smallest absolute Gasteiger partial charge is 0.305 e. The summed E-state index contributed by atoms with van der Waals surface area (Å²) in [6.45, 7) is 20.3. The van der Waals surface area contributed by atoms with E-state index >= 15 is 0 Å². The molecule has 2 unspecified atom stereocenters. The van der Waals surface area contributed by atoms with Crippen molar-refractivity contribution >= 4 is 17.5 Å². The summed E-state index contributed by atoms with van der Waals surface area (Å²) in [7, 11) is 0. The summed E-state index contributed by atoms with van der Waals surface area (Å²) in [6, 6.07) is 0. The van der Waals surface area contributed by atoms with E-state index in [1.807, 2.05) is 55.4 Å². The molecule has 0 aliphatic heterocycles. The molecule has 0 fully saturated rings. The monoisotopic (exact) mass is 428 g/mol. The van der Waals surface area contributed by atoms with Crippen LogP contribution in [0.4, 0.5) is 0 Å². The highest BCUT2D eigenvalue weighted by Gasteiger charge is 2.47. The van der Waals surface area contributed by atoms with E-state index in [2.05, 4.69) is 0 Å². The summed E-state index contributed by atoms with van der Waals surface area (Å²) >= 11 is 0. The summed E-state index contributed by atoms with van der Waals surface area (Å²) in [5.41, 5.74) is -2.70. The Morgan fingerprint density at radius 3 is 1.77 bits per heavy atom. The molecule has 0 rings (SSSR count). The number of Topliss-reactive ketones (excluding diaryl/α,β-unsaturated/α-hetero) is 2. The van der Waals surface area contributed by atoms with Gasteiger partial charge in [-0.15, -0.1) is 0 Å². The molecule has 0 spiro atoms. The van der Waals surface area contributed by atoms with Gasteiger partial charge in [0.25, 0.3) is 0 Å². The van der Waals surface area contributed by atoms with Crippen LogP contribution in [0.25, 0.3) is 0 Å². The van der Waals surface area contributed by atoms with Crippen molar-refractivity contribution in [2.45, 2.75) is 125 Å². The Labute approximate surface area is 183 Å². The number of carbonyl (C=O) groups excluding carboxylic acids is 2. The lowest BCUT2D eigenvalue weighted by molar-refractivity contribution is -0.178. The number of hydrogen-bond acceptors (Lipinski definition) is 5. The van der Waals surface area contributed by atoms with Crippen LogP contribution in [-0.2, 0) is 23.9 Å². The third-order valence-electron chi connectivity index (χ3n) is 5.65. The van der Waals surface area contributed by atoms with E-state index in [1.165, 1.54) is 0 Å². The minimum Gasteiger partial charge on any atom is -0.481 e. The molecule has 0 aliphatic carbocycles. The lowest BCUT2D eigenvalue weighted by atomic mass is 9.72. The van der Waals surface area contributed by atoms with Gasteiger partial charge in [-0.1, -0.05) is 34.6 Å². The second-order valence-electron chi connectivity index (χ2n) is 11.3. The van der Waals surface area contributed by atoms with Gasteiger partial charge in [0, 0.05) is 11.8 Å². The molecule has 0 bridgehead atoms. The van der Waals surface area contributed by atoms with Gasteiger partial charge in [-0.2, -0.15) is 0 Å². The quantitative estimate of drug-likeness (QED) is 0.459. The molecule has 0 aliphatic rings. The topological polar surface area (TPSA) is 89.9 Å². The minimum absolute atomic E-state index is 0.0978. The highest BCUT2D eigenvalue weighted by atomic mass is 16.5. The molecular weight excluding hydrogens is 384 g/mol. The number of aliphatic carboxylic acids is 1. The van der Waals surface area contributed by atoms with Crippen molar-refractivity contribution in [3.8, 4) is 0 Å². The van der Waals surface area contributed by atoms with Crippen LogP contribution >= 0.6 is 0 Å². The first-order valence-electron chi connectivity index (χ1n) is 10.9. The first-order valence-corrected chi connectivity index (χ1v) is 10.9. The highest BCUT2D eigenvalue weighted by Crippen LogP contribution is 2.38. The molecule has 0 aromatic heterocycles. The summed E-state index contributed by atoms with van der Waals surface area (Å²) in [5.74, 6) is -0.926. The molecule has 0 saturated heterocycles. The van der Waals surface area contributed by atoms with E-state index in [0.717, 1.165) is 0 Å². The highest BCUT2D eigenvalue weighted by molar-refractivity contribution is 5.89. The van der Waals surface area contributed by atoms with E-state index < -0.39 is 40.2 Å². The van der Waals surface area contributed by atoms with E-state index in [0.29, 0.717) is 19.3 Å². The molecule has 6 heteroatoms. The number of carboxylic acid groups (broad SMARTS) is 1. The van der Waals surface area contributed by atoms with Crippen molar-refractivity contribution in [3.05, 3.63) is 0 Å². The van der Waals surface area contributed by atoms with Crippen LogP contribution in [0.1, 0.15) is 102 Å². The Morgan fingerprint density at radius 1 is 0.867 bits per heavy atom. The largest absolute Gasteiger partial charge is 0.481 e. The second-order valence-corrected chi connectivity index (χ2v) is 11.3. The molecule has 0 radical (unpaired) electrons. The second kappa shape index (κ2) is 10.4. The Balaban J connectivity index is 5.31. The standard InChI is InChI=1S/C24H44O6/c1-16(29-22(5,6)7)20(28)23(8,9)24(10,11)30-17(15-19(26)27)13-12-14-18(25)21(2,3)4/h16-17H,12-15H2,1-11H3,(H,26,27). The van der Waals surface area contributed by atoms with E-state index in [1.54, 1.807) is 20.8 Å². The third-order valence-corrected chi connectivity index (χ3v) is 5.65. The number of carboxylic acids is 1. The predicted molar refractivity (Wildman–Crippen MR) is 119 cm³/mol. The zero-order valence-corrected chi connectivity index (χ0v) is 21.0. The summed E-state index contributed by atoms with van der Waals surface area (Å²) < 4.78 is 12.1. The molecule has 0 amide bonds. The maximum atomic E-state index is 13.1. The molecule has 2 atom stereocenters. The normalized spacial score (nSPS) is 15.6. The average Bonchev–Trinajstić information content (AvgIpc) is 2.49. The summed E-state index contributed by atoms with van der Waals surface area (Å²) in [6.07, 6.45) is -0.0210. The van der Waals surface area contributed by atoms with Crippen molar-refractivity contribution in [1.29, 1.82) is 0 Å². The molecule has 176 valence electrons. The van der Waals surface area contributed by atoms with Gasteiger partial charge >= 0.3 is 5.97 Å². The van der Waals surface area contributed by atoms with Gasteiger partial charge in [0.1, 0.15) is 11.9 Å². The van der Waals surface area contributed by atoms with Crippen LogP contribution in [0.2, 0.25) is 0 Å². The number of hydrogen-bond donors (Lipinski definition) is 1. The zero-order valence-electron chi connectivity index (χ0n) is 21.0. The molecular formula is C24H44O6. The molecule has 1 N–H and O–H groups in total. The molecule has 0 aromatic rings. The molecule has 0 aromatic carbocycles. The van der Waals surface area contributed by atoms with Gasteiger partial charge in [-0.25, -0.2) is 0 Å². The maximum Gasteiger partial charge on any atom is 0.305 e. The lowest BCUT2D eigenvalue weighted by Crippen LogP contribution is -2.53. The predicted octanol–water partition coefficient (Wildman–Crippen LogP) is 5.21. The lowest BCUT2D eigenvalue weighted by Gasteiger charge is -2.44. The van der Waals surface area contributed by atoms with Gasteiger partial charge in [0.05, 0.1) is 29.1 Å². The van der Waals surface area contributed by atoms with Crippen LogP contribution in [0.5, 0.6) is 0 Å². The van der Waals surface area contributed by atoms with Gasteiger partial charge in [-0.3, -0.25) is 14.4 Å². The molecule has 6 nitrogen and oxygen atoms in total. The number of ether oxygens (including phenoxy) is 2. The SMILES string of the molecule is CC(OC(C)(C)C)C(=O)C(C)(C)C(C)(C)OC(CCCC(=O)C(C)(C)C)CC(=O)O. The Kier molecular flexibility index (Phi) is 9.92. The Hall–Kier alpha value is -1.27. The summed E-state index contributed by atoms with van der Waals surface area (Å²) in [5, 5.41) is 9.31. The number of carbonyl (C=O) groups is 3. The minimum atomic E-state index is -0.966. The van der Waals surface area contributed by atoms with Crippen LogP contribution in [0.15, 0.2) is 0 Å². The fourth-order valence-electron chi connectivity index (χ4n) is 3.22. The molecule has 0 saturated carbocycles. The average molecular weight is 429 g/mol. The van der Waals surface area contributed by atoms with E-state index in [9.17, 15) is 19.5 Å². The first kappa shape index (κ1) is 28.7. The van der Waals surface area contributed by atoms with Crippen molar-refractivity contribution in [1.82, 2.24) is 0 Å². The van der Waals surface area contributed by atoms with Gasteiger partial charge in [0.2, 0.25) is 0 Å². The van der Waals surface area contributed by atoms with Crippen LogP contribution in [0.3, 0.4) is 0 Å². The van der Waals surface area contributed by atoms with E-state index in [4.69, 9.17) is 9.47 Å². The van der Waals surface area contributed by atoms with Gasteiger partial charge in [0.15, 0.2) is 5.78 Å². The van der Waals surface area contributed by atoms with Gasteiger partial charge in [-0.05, 0) is 54.4 Å². The van der Waals surface area contributed by atoms with Crippen LogP contribution in [-0.4, -0.2) is 46.1 Å². The van der Waals surface area contributed by atoms with Crippen molar-refractivity contribution in [2.24, 2.45) is 10.8 Å². The van der Waals surface area contributed by atoms with Crippen molar-refractivity contribution < 1.29 is 29.0 Å². The number of ketones is 2. The maximum absolute atomic E-state index is 13.1. The molecule has 30 heavy (non-hydrogen) atoms. The third kappa shape index (κ3) is 9.25. The van der Waals surface area contributed by atoms with Gasteiger partial charge < -0.3 is 14.6 Å². The number of rotatable bonds is 12. The zero-order chi connectivity index (χ0) is 24.1. The summed E-state index contributed by atoms with van der Waals surface area (Å²) in [4.78, 5) is 36.7. The van der Waals surface area contributed by atoms with E-state index in [-0.39, 0.29) is 18.0 Å². The van der Waals surface area contributed by atoms with Crippen LogP contribution in [0, 0.1) is 10.8 Å². The molecule has 0 heterocycles. The fraction of sp³-hybridized carbons (Fsp3) is 0.875. The van der Waals surface area contributed by atoms with Crippen molar-refractivity contribution in [2.75, 3.05) is 0 Å². The van der Waals surface area contributed by atoms with Crippen molar-refractivity contribution in [3.63, 3.8) is 0 Å². The fourth-order valence-corrected chi connectivity index (χ4v) is 3.22. The Bertz CT molecular complexity index is 604. The van der Waals surface area contributed by atoms with Crippen LogP contribution < -0.4 is 0 Å².